The van der Waals surface area contributed by atoms with Crippen LogP contribution in [-0.4, -0.2) is 52.4 Å². The Labute approximate surface area is 192 Å². The lowest BCUT2D eigenvalue weighted by Crippen LogP contribution is -2.42. The van der Waals surface area contributed by atoms with Crippen LogP contribution in [0.5, 0.6) is 0 Å². The Hall–Kier alpha value is -2.65. The van der Waals surface area contributed by atoms with E-state index >= 15 is 0 Å². The van der Waals surface area contributed by atoms with Crippen molar-refractivity contribution in [1.82, 2.24) is 14.8 Å². The molecule has 3 aromatic rings. The van der Waals surface area contributed by atoms with Crippen molar-refractivity contribution in [2.24, 2.45) is 0 Å². The molecule has 0 radical (unpaired) electrons. The number of hydrogen-bond donors (Lipinski definition) is 0. The number of thioether (sulfide) groups is 1. The lowest BCUT2D eigenvalue weighted by atomic mass is 10.1. The van der Waals surface area contributed by atoms with Gasteiger partial charge in [0, 0.05) is 18.7 Å². The molecule has 4 rings (SSSR count). The molecule has 1 fully saturated rings. The van der Waals surface area contributed by atoms with Crippen molar-refractivity contribution in [3.8, 4) is 0 Å². The predicted molar refractivity (Wildman–Crippen MR) is 127 cm³/mol. The highest BCUT2D eigenvalue weighted by molar-refractivity contribution is 7.99. The van der Waals surface area contributed by atoms with E-state index in [0.29, 0.717) is 24.5 Å². The molecule has 168 valence electrons. The van der Waals surface area contributed by atoms with Crippen molar-refractivity contribution in [3.63, 3.8) is 0 Å². The summed E-state index contributed by atoms with van der Waals surface area (Å²) in [5, 5.41) is 9.36. The molecule has 9 heteroatoms. The minimum absolute atomic E-state index is 0.00463. The Balaban J connectivity index is 1.50. The van der Waals surface area contributed by atoms with Gasteiger partial charge in [-0.15, -0.1) is 10.2 Å². The summed E-state index contributed by atoms with van der Waals surface area (Å²) in [7, 11) is -3.11. The molecule has 0 unspecified atom stereocenters. The van der Waals surface area contributed by atoms with Crippen LogP contribution < -0.4 is 4.90 Å². The number of carbonyl (C=O) groups excluding carboxylic acids is 1. The van der Waals surface area contributed by atoms with Crippen LogP contribution >= 0.6 is 11.8 Å². The fraction of sp³-hybridized carbons (Fsp3) is 0.348. The highest BCUT2D eigenvalue weighted by Gasteiger charge is 2.35. The Morgan fingerprint density at radius 3 is 2.41 bits per heavy atom. The van der Waals surface area contributed by atoms with Crippen molar-refractivity contribution in [2.75, 3.05) is 22.2 Å². The number of carbonyl (C=O) groups is 1. The molecule has 0 spiro atoms. The molecule has 1 aliphatic rings. The van der Waals surface area contributed by atoms with E-state index < -0.39 is 9.84 Å². The van der Waals surface area contributed by atoms with Crippen LogP contribution in [0.3, 0.4) is 0 Å². The number of sulfone groups is 1. The average Bonchev–Trinajstić information content (AvgIpc) is 3.35. The molecule has 1 aromatic heterocycles. The second-order valence-electron chi connectivity index (χ2n) is 7.75. The van der Waals surface area contributed by atoms with E-state index in [0.717, 1.165) is 17.1 Å². The lowest BCUT2D eigenvalue weighted by molar-refractivity contribution is -0.116. The van der Waals surface area contributed by atoms with E-state index in [-0.39, 0.29) is 29.2 Å². The third-order valence-electron chi connectivity index (χ3n) is 5.52. The first kappa shape index (κ1) is 22.5. The highest BCUT2D eigenvalue weighted by Crippen LogP contribution is 2.27. The number of benzene rings is 2. The molecule has 0 bridgehead atoms. The van der Waals surface area contributed by atoms with Gasteiger partial charge in [-0.1, -0.05) is 60.3 Å². The highest BCUT2D eigenvalue weighted by atomic mass is 32.2. The molecule has 0 N–H and O–H groups in total. The van der Waals surface area contributed by atoms with Gasteiger partial charge in [-0.3, -0.25) is 4.79 Å². The molecule has 2 heterocycles. The fourth-order valence-corrected chi connectivity index (χ4v) is 6.55. The largest absolute Gasteiger partial charge is 0.308 e. The number of hydrogen-bond acceptors (Lipinski definition) is 6. The summed E-state index contributed by atoms with van der Waals surface area (Å²) >= 11 is 1.34. The monoisotopic (exact) mass is 470 g/mol. The van der Waals surface area contributed by atoms with Gasteiger partial charge in [0.2, 0.25) is 5.91 Å². The van der Waals surface area contributed by atoms with Gasteiger partial charge in [0.1, 0.15) is 5.82 Å². The molecule has 1 amide bonds. The van der Waals surface area contributed by atoms with Crippen LogP contribution in [0.25, 0.3) is 0 Å². The van der Waals surface area contributed by atoms with Gasteiger partial charge in [0.05, 0.1) is 23.3 Å². The molecule has 32 heavy (non-hydrogen) atoms. The maximum Gasteiger partial charge on any atom is 0.237 e. The second kappa shape index (κ2) is 9.87. The van der Waals surface area contributed by atoms with Crippen molar-refractivity contribution >= 4 is 33.2 Å². The van der Waals surface area contributed by atoms with Crippen LogP contribution in [0.15, 0.2) is 65.8 Å². The topological polar surface area (TPSA) is 85.2 Å². The van der Waals surface area contributed by atoms with Crippen LogP contribution in [0.2, 0.25) is 0 Å². The fourth-order valence-electron chi connectivity index (χ4n) is 3.97. The van der Waals surface area contributed by atoms with Gasteiger partial charge in [0.15, 0.2) is 15.0 Å². The summed E-state index contributed by atoms with van der Waals surface area (Å²) in [6.45, 7) is 2.73. The SMILES string of the molecule is CCn1c(Cc2ccccc2)nnc1SCC(=O)N(c1ccccc1)[C@H]1CCS(=O)(=O)C1. The third-order valence-corrected chi connectivity index (χ3v) is 8.22. The quantitative estimate of drug-likeness (QED) is 0.470. The van der Waals surface area contributed by atoms with E-state index in [1.54, 1.807) is 4.90 Å². The lowest BCUT2D eigenvalue weighted by Gasteiger charge is -2.28. The Morgan fingerprint density at radius 2 is 1.78 bits per heavy atom. The van der Waals surface area contributed by atoms with Crippen molar-refractivity contribution in [2.45, 2.75) is 37.5 Å². The van der Waals surface area contributed by atoms with Crippen molar-refractivity contribution in [3.05, 3.63) is 72.1 Å². The van der Waals surface area contributed by atoms with Gasteiger partial charge >= 0.3 is 0 Å². The molecule has 1 aliphatic heterocycles. The van der Waals surface area contributed by atoms with E-state index in [4.69, 9.17) is 0 Å². The molecule has 0 saturated carbocycles. The minimum atomic E-state index is -3.11. The summed E-state index contributed by atoms with van der Waals surface area (Å²) in [4.78, 5) is 14.9. The van der Waals surface area contributed by atoms with Crippen LogP contribution in [0.4, 0.5) is 5.69 Å². The summed E-state index contributed by atoms with van der Waals surface area (Å²) < 4.78 is 26.1. The van der Waals surface area contributed by atoms with Gasteiger partial charge < -0.3 is 9.47 Å². The molecule has 2 aromatic carbocycles. The minimum Gasteiger partial charge on any atom is -0.308 e. The molecule has 1 saturated heterocycles. The van der Waals surface area contributed by atoms with E-state index in [9.17, 15) is 13.2 Å². The summed E-state index contributed by atoms with van der Waals surface area (Å²) in [6.07, 6.45) is 1.13. The first-order valence-corrected chi connectivity index (χ1v) is 13.4. The number of amides is 1. The van der Waals surface area contributed by atoms with E-state index in [1.807, 2.05) is 60.0 Å². The maximum absolute atomic E-state index is 13.3. The maximum atomic E-state index is 13.3. The normalized spacial score (nSPS) is 17.3. The van der Waals surface area contributed by atoms with E-state index in [2.05, 4.69) is 22.3 Å². The van der Waals surface area contributed by atoms with Crippen LogP contribution in [-0.2, 0) is 27.6 Å². The Morgan fingerprint density at radius 1 is 1.09 bits per heavy atom. The van der Waals surface area contributed by atoms with Crippen LogP contribution in [0, 0.1) is 0 Å². The number of rotatable bonds is 8. The molecule has 1 atom stereocenters. The number of nitrogens with zero attached hydrogens (tertiary/aromatic N) is 4. The molecular formula is C23H26N4O3S2. The van der Waals surface area contributed by atoms with Crippen LogP contribution in [0.1, 0.15) is 24.7 Å². The zero-order chi connectivity index (χ0) is 22.6. The summed E-state index contributed by atoms with van der Waals surface area (Å²) in [5.74, 6) is 1.02. The van der Waals surface area contributed by atoms with Crippen molar-refractivity contribution < 1.29 is 13.2 Å². The zero-order valence-electron chi connectivity index (χ0n) is 17.9. The summed E-state index contributed by atoms with van der Waals surface area (Å²) in [5.41, 5.74) is 1.88. The number of anilines is 1. The molecule has 0 aliphatic carbocycles. The van der Waals surface area contributed by atoms with Gasteiger partial charge in [-0.2, -0.15) is 0 Å². The Bertz CT molecular complexity index is 1160. The standard InChI is InChI=1S/C23H26N4O3S2/c1-2-26-21(15-18-9-5-3-6-10-18)24-25-23(26)31-16-22(28)27(19-11-7-4-8-12-19)20-13-14-32(29,30)17-20/h3-12,20H,2,13-17H2,1H3/t20-/m0/s1. The first-order chi connectivity index (χ1) is 15.5. The molecule has 7 nitrogen and oxygen atoms in total. The summed E-state index contributed by atoms with van der Waals surface area (Å²) in [6, 6.07) is 19.0. The van der Waals surface area contributed by atoms with Gasteiger partial charge in [0.25, 0.3) is 0 Å². The number of para-hydroxylation sites is 1. The third kappa shape index (κ3) is 5.21. The first-order valence-electron chi connectivity index (χ1n) is 10.6. The van der Waals surface area contributed by atoms with Gasteiger partial charge in [-0.05, 0) is 31.0 Å². The van der Waals surface area contributed by atoms with E-state index in [1.165, 1.54) is 11.8 Å². The average molecular weight is 471 g/mol. The smallest absolute Gasteiger partial charge is 0.237 e. The second-order valence-corrected chi connectivity index (χ2v) is 10.9. The zero-order valence-corrected chi connectivity index (χ0v) is 19.6. The van der Waals surface area contributed by atoms with Crippen molar-refractivity contribution in [1.29, 1.82) is 0 Å². The molecular weight excluding hydrogens is 444 g/mol. The predicted octanol–water partition coefficient (Wildman–Crippen LogP) is 3.20. The van der Waals surface area contributed by atoms with Gasteiger partial charge in [-0.25, -0.2) is 8.42 Å². The number of aromatic nitrogens is 3. The Kier molecular flexibility index (Phi) is 6.95.